The highest BCUT2D eigenvalue weighted by molar-refractivity contribution is 5.40. The third-order valence-electron chi connectivity index (χ3n) is 7.16. The van der Waals surface area contributed by atoms with Crippen LogP contribution in [-0.4, -0.2) is 0 Å². The van der Waals surface area contributed by atoms with Crippen molar-refractivity contribution in [1.82, 2.24) is 0 Å². The third-order valence-corrected chi connectivity index (χ3v) is 7.16. The molecule has 0 heteroatoms. The monoisotopic (exact) mass is 441 g/mol. The maximum Gasteiger partial charge on any atom is -0.0273 e. The van der Waals surface area contributed by atoms with Crippen LogP contribution < -0.4 is 0 Å². The highest BCUT2D eigenvalue weighted by Gasteiger charge is 2.11. The average molecular weight is 442 g/mol. The molecule has 0 saturated carbocycles. The zero-order valence-electron chi connectivity index (χ0n) is 22.4. The Morgan fingerprint density at radius 2 is 0.812 bits per heavy atom. The minimum Gasteiger partial charge on any atom is -0.0654 e. The van der Waals surface area contributed by atoms with Gasteiger partial charge in [0.15, 0.2) is 0 Å². The van der Waals surface area contributed by atoms with Gasteiger partial charge in [0.25, 0.3) is 0 Å². The van der Waals surface area contributed by atoms with Crippen LogP contribution in [0.4, 0.5) is 0 Å². The maximum atomic E-state index is 4.23. The van der Waals surface area contributed by atoms with Crippen molar-refractivity contribution >= 4 is 0 Å². The summed E-state index contributed by atoms with van der Waals surface area (Å²) in [5.74, 6) is 0. The summed E-state index contributed by atoms with van der Waals surface area (Å²) in [4.78, 5) is 0. The zero-order chi connectivity index (χ0) is 23.3. The first-order valence-corrected chi connectivity index (χ1v) is 14.7. The molecule has 1 rings (SSSR count). The maximum absolute atomic E-state index is 4.23. The first kappa shape index (κ1) is 29.3. The van der Waals surface area contributed by atoms with Gasteiger partial charge in [-0.05, 0) is 74.1 Å². The van der Waals surface area contributed by atoms with E-state index < -0.39 is 0 Å². The summed E-state index contributed by atoms with van der Waals surface area (Å²) in [6, 6.07) is 5.05. The molecule has 0 spiro atoms. The van der Waals surface area contributed by atoms with E-state index in [-0.39, 0.29) is 0 Å². The Morgan fingerprint density at radius 3 is 1.19 bits per heavy atom. The van der Waals surface area contributed by atoms with E-state index in [2.05, 4.69) is 39.8 Å². The Labute approximate surface area is 203 Å². The second-order valence-corrected chi connectivity index (χ2v) is 10.2. The lowest BCUT2D eigenvalue weighted by molar-refractivity contribution is 0.593. The second-order valence-electron chi connectivity index (χ2n) is 10.2. The topological polar surface area (TPSA) is 0 Å². The summed E-state index contributed by atoms with van der Waals surface area (Å²) in [6.45, 7) is 11.2. The van der Waals surface area contributed by atoms with E-state index in [1.54, 1.807) is 16.7 Å². The molecule has 0 saturated heterocycles. The number of aryl methyl sites for hydroxylation is 2. The average Bonchev–Trinajstić information content (AvgIpc) is 2.81. The highest BCUT2D eigenvalue weighted by Crippen LogP contribution is 2.25. The summed E-state index contributed by atoms with van der Waals surface area (Å²) in [5.41, 5.74) is 6.56. The van der Waals surface area contributed by atoms with Gasteiger partial charge in [-0.1, -0.05) is 129 Å². The van der Waals surface area contributed by atoms with Crippen molar-refractivity contribution in [2.75, 3.05) is 0 Å². The van der Waals surface area contributed by atoms with Crippen molar-refractivity contribution in [1.29, 1.82) is 0 Å². The predicted octanol–water partition coefficient (Wildman–Crippen LogP) is 10.8. The van der Waals surface area contributed by atoms with Crippen LogP contribution in [0.1, 0.15) is 159 Å². The second kappa shape index (κ2) is 20.8. The van der Waals surface area contributed by atoms with Crippen LogP contribution in [0.5, 0.6) is 0 Å². The van der Waals surface area contributed by atoms with Crippen molar-refractivity contribution in [2.24, 2.45) is 0 Å². The molecule has 0 N–H and O–H groups in total. The standard InChI is InChI=1S/C32H57/c1-5-9-12-15-18-21-24-30-27-29(8-4)28-31(25-22-19-16-13-10-6-2)32(30)26-23-20-17-14-11-7-3/h27-28H,4-26H2,1-3H3. The van der Waals surface area contributed by atoms with Crippen LogP contribution in [0.25, 0.3) is 0 Å². The molecular weight excluding hydrogens is 384 g/mol. The summed E-state index contributed by atoms with van der Waals surface area (Å²) >= 11 is 0. The molecule has 0 bridgehead atoms. The first-order chi connectivity index (χ1) is 15.8. The normalized spacial score (nSPS) is 11.4. The molecule has 0 heterocycles. The van der Waals surface area contributed by atoms with E-state index in [1.165, 1.54) is 140 Å². The SMILES string of the molecule is [CH2]Cc1cc(CCCCCCCC)c(CCCCCCCC)c(CCCCCCCC)c1. The quantitative estimate of drug-likeness (QED) is 0.157. The van der Waals surface area contributed by atoms with E-state index in [0.717, 1.165) is 6.42 Å². The van der Waals surface area contributed by atoms with E-state index in [1.807, 2.05) is 0 Å². The Morgan fingerprint density at radius 1 is 0.469 bits per heavy atom. The fraction of sp³-hybridized carbons (Fsp3) is 0.781. The Bertz CT molecular complexity index is 504. The molecule has 0 atom stereocenters. The van der Waals surface area contributed by atoms with Gasteiger partial charge in [-0.3, -0.25) is 0 Å². The van der Waals surface area contributed by atoms with E-state index in [4.69, 9.17) is 0 Å². The molecule has 0 aliphatic heterocycles. The molecule has 0 nitrogen and oxygen atoms in total. The summed E-state index contributed by atoms with van der Waals surface area (Å²) in [7, 11) is 0. The third kappa shape index (κ3) is 13.7. The molecular formula is C32H57. The summed E-state index contributed by atoms with van der Waals surface area (Å²) in [5, 5.41) is 0. The smallest absolute Gasteiger partial charge is 0.0273 e. The van der Waals surface area contributed by atoms with Crippen molar-refractivity contribution in [2.45, 2.75) is 162 Å². The van der Waals surface area contributed by atoms with Crippen LogP contribution in [0.3, 0.4) is 0 Å². The van der Waals surface area contributed by atoms with Crippen LogP contribution >= 0.6 is 0 Å². The number of rotatable bonds is 22. The molecule has 1 radical (unpaired) electrons. The minimum absolute atomic E-state index is 0.935. The van der Waals surface area contributed by atoms with Gasteiger partial charge in [0.2, 0.25) is 0 Å². The van der Waals surface area contributed by atoms with Crippen molar-refractivity contribution in [3.05, 3.63) is 41.3 Å². The molecule has 1 aromatic carbocycles. The lowest BCUT2D eigenvalue weighted by atomic mass is 9.88. The fourth-order valence-electron chi connectivity index (χ4n) is 5.05. The van der Waals surface area contributed by atoms with Crippen LogP contribution in [0.2, 0.25) is 0 Å². The van der Waals surface area contributed by atoms with Crippen molar-refractivity contribution in [3.63, 3.8) is 0 Å². The lowest BCUT2D eigenvalue weighted by Gasteiger charge is -2.18. The van der Waals surface area contributed by atoms with Gasteiger partial charge in [0.05, 0.1) is 0 Å². The largest absolute Gasteiger partial charge is 0.0654 e. The van der Waals surface area contributed by atoms with Crippen LogP contribution in [0.15, 0.2) is 12.1 Å². The van der Waals surface area contributed by atoms with Crippen molar-refractivity contribution in [3.8, 4) is 0 Å². The zero-order valence-corrected chi connectivity index (χ0v) is 22.4. The molecule has 1 aromatic rings. The number of hydrogen-bond acceptors (Lipinski definition) is 0. The number of unbranched alkanes of at least 4 members (excludes halogenated alkanes) is 15. The summed E-state index contributed by atoms with van der Waals surface area (Å²) < 4.78 is 0. The van der Waals surface area contributed by atoms with Gasteiger partial charge in [-0.15, -0.1) is 0 Å². The molecule has 0 unspecified atom stereocenters. The van der Waals surface area contributed by atoms with Gasteiger partial charge in [0, 0.05) is 0 Å². The van der Waals surface area contributed by atoms with Crippen LogP contribution in [0, 0.1) is 6.92 Å². The molecule has 0 amide bonds. The summed E-state index contributed by atoms with van der Waals surface area (Å²) in [6.07, 6.45) is 29.9. The number of benzene rings is 1. The van der Waals surface area contributed by atoms with E-state index in [0.29, 0.717) is 0 Å². The van der Waals surface area contributed by atoms with Gasteiger partial charge < -0.3 is 0 Å². The first-order valence-electron chi connectivity index (χ1n) is 14.7. The van der Waals surface area contributed by atoms with E-state index >= 15 is 0 Å². The molecule has 32 heavy (non-hydrogen) atoms. The molecule has 185 valence electrons. The minimum atomic E-state index is 0.935. The Hall–Kier alpha value is -0.780. The Kier molecular flexibility index (Phi) is 19.0. The lowest BCUT2D eigenvalue weighted by Crippen LogP contribution is -2.04. The van der Waals surface area contributed by atoms with Gasteiger partial charge in [-0.2, -0.15) is 0 Å². The predicted molar refractivity (Wildman–Crippen MR) is 147 cm³/mol. The van der Waals surface area contributed by atoms with Crippen molar-refractivity contribution < 1.29 is 0 Å². The van der Waals surface area contributed by atoms with Gasteiger partial charge >= 0.3 is 0 Å². The highest BCUT2D eigenvalue weighted by atomic mass is 14.2. The molecule has 0 aliphatic carbocycles. The Balaban J connectivity index is 2.74. The molecule has 0 aromatic heterocycles. The van der Waals surface area contributed by atoms with Gasteiger partial charge in [0.1, 0.15) is 0 Å². The molecule has 0 fully saturated rings. The number of hydrogen-bond donors (Lipinski definition) is 0. The van der Waals surface area contributed by atoms with E-state index in [9.17, 15) is 0 Å². The van der Waals surface area contributed by atoms with Gasteiger partial charge in [-0.25, -0.2) is 0 Å². The fourth-order valence-corrected chi connectivity index (χ4v) is 5.05. The van der Waals surface area contributed by atoms with Crippen LogP contribution in [-0.2, 0) is 25.7 Å². The molecule has 0 aliphatic rings.